The summed E-state index contributed by atoms with van der Waals surface area (Å²) in [6.45, 7) is -0.283. The van der Waals surface area contributed by atoms with E-state index in [2.05, 4.69) is 222 Å². The Morgan fingerprint density at radius 1 is 0.446 bits per heavy atom. The molecule has 0 bridgehead atoms. The van der Waals surface area contributed by atoms with Crippen LogP contribution in [0.5, 0.6) is 0 Å². The molecule has 0 spiro atoms. The molecule has 0 radical (unpaired) electrons. The van der Waals surface area contributed by atoms with Crippen LogP contribution >= 0.6 is 0 Å². The molecule has 8 aromatic carbocycles. The van der Waals surface area contributed by atoms with Crippen LogP contribution in [-0.4, -0.2) is 33.5 Å². The Kier molecular flexibility index (Phi) is 8.56. The summed E-state index contributed by atoms with van der Waals surface area (Å²) in [5.41, 5.74) is 14.8. The van der Waals surface area contributed by atoms with Gasteiger partial charge in [0.25, 0.3) is 0 Å². The molecule has 3 aliphatic heterocycles. The predicted molar refractivity (Wildman–Crippen MR) is 268 cm³/mol. The van der Waals surface area contributed by atoms with E-state index < -0.39 is 5.41 Å². The van der Waals surface area contributed by atoms with Gasteiger partial charge in [0.1, 0.15) is 0 Å². The Balaban J connectivity index is 1.01. The van der Waals surface area contributed by atoms with Crippen LogP contribution in [0.25, 0.3) is 55.7 Å². The molecular weight excluding hydrogens is 788 g/mol. The third kappa shape index (κ3) is 5.79. The molecular formula is C58H39B2N5. The highest BCUT2D eigenvalue weighted by Gasteiger charge is 2.55. The van der Waals surface area contributed by atoms with Gasteiger partial charge in [-0.15, -0.1) is 0 Å². The molecule has 65 heavy (non-hydrogen) atoms. The lowest BCUT2D eigenvalue weighted by Gasteiger charge is -2.49. The van der Waals surface area contributed by atoms with Gasteiger partial charge >= 0.3 is 13.8 Å². The van der Waals surface area contributed by atoms with E-state index in [1.165, 1.54) is 60.8 Å². The fraction of sp³-hybridized carbons (Fsp3) is 0.0172. The quantitative estimate of drug-likeness (QED) is 0.156. The maximum Gasteiger partial charge on any atom is 0.403 e. The minimum absolute atomic E-state index is 0.140. The number of rotatable bonds is 6. The van der Waals surface area contributed by atoms with Crippen molar-refractivity contribution in [3.05, 3.63) is 270 Å². The molecule has 13 rings (SSSR count). The Bertz CT molecular complexity index is 3400. The van der Waals surface area contributed by atoms with E-state index in [0.29, 0.717) is 17.5 Å². The monoisotopic (exact) mass is 827 g/mol. The fourth-order valence-corrected chi connectivity index (χ4v) is 10.9. The molecule has 1 aromatic heterocycles. The predicted octanol–water partition coefficient (Wildman–Crippen LogP) is 11.9. The summed E-state index contributed by atoms with van der Waals surface area (Å²) < 4.78 is 2.56. The van der Waals surface area contributed by atoms with E-state index in [-0.39, 0.29) is 13.8 Å². The van der Waals surface area contributed by atoms with Crippen LogP contribution in [0.4, 0.5) is 5.69 Å². The van der Waals surface area contributed by atoms with Gasteiger partial charge in [-0.05, 0) is 91.3 Å². The van der Waals surface area contributed by atoms with Crippen LogP contribution in [0, 0.1) is 0 Å². The summed E-state index contributed by atoms with van der Waals surface area (Å²) in [5, 5.41) is 2.44. The number of nitrogens with zero attached hydrogens (tertiary/aromatic N) is 5. The van der Waals surface area contributed by atoms with Crippen molar-refractivity contribution in [2.75, 3.05) is 4.81 Å². The first-order valence-corrected chi connectivity index (χ1v) is 22.3. The SMILES string of the molecule is C1=CN2B(C=C1c1nc(-c3ccccc3)nc(-c3ccc(-c4ccccc4)cc3)n1)c1c(ccc3ccccc13)N1C=CC3=C(B21)c1ccccc1C3(c1ccccc1)c1ccccc1. The number of fused-ring (bicyclic) bond motifs is 11. The van der Waals surface area contributed by atoms with Crippen LogP contribution in [0.1, 0.15) is 28.1 Å². The number of anilines is 1. The summed E-state index contributed by atoms with van der Waals surface area (Å²) in [4.78, 5) is 18.1. The molecule has 0 unspecified atom stereocenters. The van der Waals surface area contributed by atoms with Crippen LogP contribution in [0.2, 0.25) is 0 Å². The summed E-state index contributed by atoms with van der Waals surface area (Å²) in [5.74, 6) is 4.31. The Morgan fingerprint density at radius 3 is 1.71 bits per heavy atom. The molecule has 5 nitrogen and oxygen atoms in total. The number of hydrogen-bond donors (Lipinski definition) is 0. The molecule has 4 aliphatic rings. The van der Waals surface area contributed by atoms with Crippen molar-refractivity contribution >= 4 is 46.8 Å². The average molecular weight is 828 g/mol. The number of aromatic nitrogens is 3. The molecule has 302 valence electrons. The number of hydrogen-bond acceptors (Lipinski definition) is 5. The minimum atomic E-state index is -0.509. The van der Waals surface area contributed by atoms with E-state index in [1.54, 1.807) is 0 Å². The van der Waals surface area contributed by atoms with E-state index >= 15 is 0 Å². The molecule has 4 heterocycles. The Hall–Kier alpha value is -8.28. The van der Waals surface area contributed by atoms with Crippen molar-refractivity contribution in [3.63, 3.8) is 0 Å². The second-order valence-electron chi connectivity index (χ2n) is 17.1. The van der Waals surface area contributed by atoms with Crippen LogP contribution < -0.4 is 10.3 Å². The zero-order valence-corrected chi connectivity index (χ0v) is 35.4. The van der Waals surface area contributed by atoms with Gasteiger partial charge in [0, 0.05) is 22.4 Å². The largest absolute Gasteiger partial charge is 0.436 e. The first-order valence-electron chi connectivity index (χ1n) is 22.3. The second kappa shape index (κ2) is 14.9. The summed E-state index contributed by atoms with van der Waals surface area (Å²) in [7, 11) is 0. The summed E-state index contributed by atoms with van der Waals surface area (Å²) in [6, 6.07) is 73.8. The molecule has 0 saturated heterocycles. The van der Waals surface area contributed by atoms with Crippen molar-refractivity contribution in [3.8, 4) is 33.9 Å². The lowest BCUT2D eigenvalue weighted by atomic mass is 9.39. The van der Waals surface area contributed by atoms with Crippen LogP contribution in [0.15, 0.2) is 242 Å². The molecule has 9 aromatic rings. The topological polar surface area (TPSA) is 45.2 Å². The van der Waals surface area contributed by atoms with Gasteiger partial charge in [0.15, 0.2) is 17.5 Å². The van der Waals surface area contributed by atoms with Crippen molar-refractivity contribution < 1.29 is 0 Å². The highest BCUT2D eigenvalue weighted by molar-refractivity contribution is 6.97. The Morgan fingerprint density at radius 2 is 1.00 bits per heavy atom. The third-order valence-electron chi connectivity index (χ3n) is 13.7. The van der Waals surface area contributed by atoms with Gasteiger partial charge in [0.05, 0.1) is 5.41 Å². The maximum absolute atomic E-state index is 5.27. The van der Waals surface area contributed by atoms with Gasteiger partial charge in [0.2, 0.25) is 0 Å². The van der Waals surface area contributed by atoms with Gasteiger partial charge in [-0.2, -0.15) is 0 Å². The fourth-order valence-electron chi connectivity index (χ4n) is 10.9. The zero-order chi connectivity index (χ0) is 42.9. The average Bonchev–Trinajstić information content (AvgIpc) is 3.70. The Labute approximate surface area is 379 Å². The van der Waals surface area contributed by atoms with Crippen molar-refractivity contribution in [1.82, 2.24) is 19.7 Å². The standard InChI is InChI=1S/C58H39B2N5/c1-5-17-40(18-6-1)41-29-31-44(32-30-41)56-61-55(43-20-7-2-8-21-43)62-57(63-56)45-35-38-65-59(39-45)54-48-26-14-13-19-42(48)33-34-52(54)64-37-36-51-53(60(64)65)49-27-15-16-28-50(49)58(51,46-22-9-3-10-23-46)47-24-11-4-12-25-47/h1-39H. The van der Waals surface area contributed by atoms with E-state index in [4.69, 9.17) is 15.0 Å². The normalized spacial score (nSPS) is 15.3. The highest BCUT2D eigenvalue weighted by Crippen LogP contribution is 2.57. The lowest BCUT2D eigenvalue weighted by Crippen LogP contribution is -2.65. The summed E-state index contributed by atoms with van der Waals surface area (Å²) >= 11 is 0. The highest BCUT2D eigenvalue weighted by atomic mass is 15.2. The smallest absolute Gasteiger partial charge is 0.403 e. The molecule has 0 fully saturated rings. The van der Waals surface area contributed by atoms with Gasteiger partial charge in [-0.25, -0.2) is 15.0 Å². The van der Waals surface area contributed by atoms with Crippen molar-refractivity contribution in [2.24, 2.45) is 0 Å². The molecule has 0 saturated carbocycles. The lowest BCUT2D eigenvalue weighted by molar-refractivity contribution is 0.759. The van der Waals surface area contributed by atoms with Gasteiger partial charge in [-0.1, -0.05) is 206 Å². The van der Waals surface area contributed by atoms with E-state index in [9.17, 15) is 0 Å². The van der Waals surface area contributed by atoms with E-state index in [1.807, 2.05) is 24.3 Å². The van der Waals surface area contributed by atoms with Gasteiger partial charge in [-0.3, -0.25) is 0 Å². The maximum atomic E-state index is 5.27. The summed E-state index contributed by atoms with van der Waals surface area (Å²) in [6.07, 6.45) is 9.22. The number of benzene rings is 8. The number of allylic oxidation sites excluding steroid dienone is 4. The first-order chi connectivity index (χ1) is 32.2. The molecule has 0 N–H and O–H groups in total. The molecule has 1 aliphatic carbocycles. The minimum Gasteiger partial charge on any atom is -0.436 e. The van der Waals surface area contributed by atoms with Crippen LogP contribution in [-0.2, 0) is 5.41 Å². The van der Waals surface area contributed by atoms with Crippen molar-refractivity contribution in [2.45, 2.75) is 5.41 Å². The second-order valence-corrected chi connectivity index (χ2v) is 17.1. The zero-order valence-electron chi connectivity index (χ0n) is 35.4. The molecule has 0 atom stereocenters. The van der Waals surface area contributed by atoms with Gasteiger partial charge < -0.3 is 9.53 Å². The third-order valence-corrected chi connectivity index (χ3v) is 13.7. The van der Waals surface area contributed by atoms with E-state index in [0.717, 1.165) is 22.3 Å². The van der Waals surface area contributed by atoms with Crippen molar-refractivity contribution in [1.29, 1.82) is 0 Å². The molecule has 7 heteroatoms. The first kappa shape index (κ1) is 37.3. The van der Waals surface area contributed by atoms with Crippen LogP contribution in [0.3, 0.4) is 0 Å². The molecule has 0 amide bonds.